The van der Waals surface area contributed by atoms with Gasteiger partial charge in [0.1, 0.15) is 0 Å². The summed E-state index contributed by atoms with van der Waals surface area (Å²) in [6, 6.07) is 0.287. The van der Waals surface area contributed by atoms with Crippen LogP contribution in [0.2, 0.25) is 0 Å². The second kappa shape index (κ2) is 6.01. The van der Waals surface area contributed by atoms with Crippen LogP contribution in [-0.2, 0) is 0 Å². The second-order valence-electron chi connectivity index (χ2n) is 3.62. The highest BCUT2D eigenvalue weighted by atomic mass is 16.3. The molecule has 0 aromatic rings. The molecule has 13 heavy (non-hydrogen) atoms. The Bertz CT molecular complexity index is 167. The van der Waals surface area contributed by atoms with E-state index >= 15 is 0 Å². The zero-order valence-corrected chi connectivity index (χ0v) is 8.93. The maximum atomic E-state index is 9.93. The summed E-state index contributed by atoms with van der Waals surface area (Å²) in [5.74, 6) is 2.60. The average Bonchev–Trinajstić information content (AvgIpc) is 2.15. The molecule has 0 aromatic heterocycles. The quantitative estimate of drug-likeness (QED) is 0.612. The Labute approximate surface area is 81.7 Å². The van der Waals surface area contributed by atoms with E-state index in [-0.39, 0.29) is 6.04 Å². The van der Waals surface area contributed by atoms with Crippen molar-refractivity contribution in [3.8, 4) is 12.3 Å². The van der Waals surface area contributed by atoms with Crippen LogP contribution in [0.15, 0.2) is 0 Å². The van der Waals surface area contributed by atoms with E-state index < -0.39 is 5.60 Å². The molecule has 0 amide bonds. The molecule has 0 spiro atoms. The number of aliphatic hydroxyl groups is 1. The smallest absolute Gasteiger partial charge is 0.0766 e. The first kappa shape index (κ1) is 12.5. The van der Waals surface area contributed by atoms with Crippen LogP contribution < -0.4 is 5.32 Å². The van der Waals surface area contributed by atoms with E-state index in [1.54, 1.807) is 0 Å². The molecule has 0 aromatic carbocycles. The van der Waals surface area contributed by atoms with E-state index in [1.807, 2.05) is 20.8 Å². The molecule has 2 N–H and O–H groups in total. The molecular weight excluding hydrogens is 162 g/mol. The predicted octanol–water partition coefficient (Wildman–Crippen LogP) is 1.54. The lowest BCUT2D eigenvalue weighted by Gasteiger charge is -2.27. The summed E-state index contributed by atoms with van der Waals surface area (Å²) < 4.78 is 0. The molecule has 0 aliphatic carbocycles. The van der Waals surface area contributed by atoms with Crippen molar-refractivity contribution in [1.29, 1.82) is 0 Å². The molecule has 0 bridgehead atoms. The van der Waals surface area contributed by atoms with Crippen molar-refractivity contribution in [2.75, 3.05) is 6.54 Å². The van der Waals surface area contributed by atoms with Crippen molar-refractivity contribution in [3.63, 3.8) is 0 Å². The molecule has 0 radical (unpaired) electrons. The third-order valence-electron chi connectivity index (χ3n) is 2.52. The average molecular weight is 183 g/mol. The predicted molar refractivity (Wildman–Crippen MR) is 56.4 cm³/mol. The van der Waals surface area contributed by atoms with Crippen LogP contribution in [0.1, 0.15) is 40.0 Å². The Morgan fingerprint density at radius 2 is 2.00 bits per heavy atom. The molecule has 76 valence electrons. The van der Waals surface area contributed by atoms with Gasteiger partial charge in [-0.25, -0.2) is 0 Å². The first-order valence-corrected chi connectivity index (χ1v) is 4.97. The van der Waals surface area contributed by atoms with Crippen molar-refractivity contribution in [1.82, 2.24) is 5.32 Å². The lowest BCUT2D eigenvalue weighted by molar-refractivity contribution is 0.0305. The van der Waals surface area contributed by atoms with Crippen LogP contribution in [0, 0.1) is 12.3 Å². The number of hydrogen-bond donors (Lipinski definition) is 2. The topological polar surface area (TPSA) is 32.3 Å². The minimum Gasteiger partial charge on any atom is -0.389 e. The molecule has 0 aliphatic rings. The Hall–Kier alpha value is -0.520. The lowest BCUT2D eigenvalue weighted by Crippen LogP contribution is -2.42. The number of hydrogen-bond acceptors (Lipinski definition) is 2. The summed E-state index contributed by atoms with van der Waals surface area (Å²) in [7, 11) is 0. The fourth-order valence-corrected chi connectivity index (χ4v) is 1.11. The van der Waals surface area contributed by atoms with Gasteiger partial charge in [0.05, 0.1) is 5.60 Å². The second-order valence-corrected chi connectivity index (χ2v) is 3.62. The summed E-state index contributed by atoms with van der Waals surface area (Å²) >= 11 is 0. The molecule has 2 nitrogen and oxygen atoms in total. The summed E-state index contributed by atoms with van der Waals surface area (Å²) in [4.78, 5) is 0. The number of rotatable bonds is 6. The van der Waals surface area contributed by atoms with Gasteiger partial charge in [0.15, 0.2) is 0 Å². The molecule has 0 rings (SSSR count). The minimum absolute atomic E-state index is 0.287. The van der Waals surface area contributed by atoms with Crippen LogP contribution >= 0.6 is 0 Å². The molecular formula is C11H21NO. The zero-order valence-electron chi connectivity index (χ0n) is 8.93. The third-order valence-corrected chi connectivity index (χ3v) is 2.52. The fraction of sp³-hybridized carbons (Fsp3) is 0.818. The van der Waals surface area contributed by atoms with Crippen molar-refractivity contribution in [3.05, 3.63) is 0 Å². The van der Waals surface area contributed by atoms with E-state index in [0.717, 1.165) is 12.8 Å². The Kier molecular flexibility index (Phi) is 5.77. The molecule has 1 unspecified atom stereocenters. The van der Waals surface area contributed by atoms with E-state index in [4.69, 9.17) is 6.42 Å². The van der Waals surface area contributed by atoms with Crippen LogP contribution in [0.4, 0.5) is 0 Å². The van der Waals surface area contributed by atoms with Gasteiger partial charge in [0, 0.05) is 19.0 Å². The van der Waals surface area contributed by atoms with Gasteiger partial charge in [0.2, 0.25) is 0 Å². The summed E-state index contributed by atoms with van der Waals surface area (Å²) in [6.45, 7) is 6.66. The Morgan fingerprint density at radius 1 is 1.46 bits per heavy atom. The normalized spacial score (nSPS) is 13.8. The highest BCUT2D eigenvalue weighted by molar-refractivity contribution is 4.89. The van der Waals surface area contributed by atoms with Crippen molar-refractivity contribution >= 4 is 0 Å². The third kappa shape index (κ3) is 4.92. The van der Waals surface area contributed by atoms with Gasteiger partial charge in [-0.2, -0.15) is 0 Å². The first-order chi connectivity index (χ1) is 6.08. The summed E-state index contributed by atoms with van der Waals surface area (Å²) in [6.07, 6.45) is 7.45. The van der Waals surface area contributed by atoms with Gasteiger partial charge >= 0.3 is 0 Å². The minimum atomic E-state index is -0.567. The molecule has 1 atom stereocenters. The van der Waals surface area contributed by atoms with Gasteiger partial charge in [-0.1, -0.05) is 13.8 Å². The lowest BCUT2D eigenvalue weighted by atomic mass is 9.97. The fourth-order valence-electron chi connectivity index (χ4n) is 1.11. The van der Waals surface area contributed by atoms with Gasteiger partial charge in [-0.05, 0) is 19.8 Å². The molecule has 2 heteroatoms. The van der Waals surface area contributed by atoms with E-state index in [0.29, 0.717) is 13.0 Å². The van der Waals surface area contributed by atoms with Crippen molar-refractivity contribution in [2.45, 2.75) is 51.7 Å². The molecule has 0 saturated heterocycles. The maximum absolute atomic E-state index is 9.93. The van der Waals surface area contributed by atoms with Gasteiger partial charge < -0.3 is 10.4 Å². The monoisotopic (exact) mass is 183 g/mol. The summed E-state index contributed by atoms with van der Waals surface area (Å²) in [5, 5.41) is 13.2. The largest absolute Gasteiger partial charge is 0.389 e. The van der Waals surface area contributed by atoms with Crippen molar-refractivity contribution in [2.24, 2.45) is 0 Å². The Balaban J connectivity index is 3.79. The van der Waals surface area contributed by atoms with Crippen LogP contribution in [-0.4, -0.2) is 23.3 Å². The SMILES string of the molecule is C#CCC(C)NCC(O)(CC)CC. The van der Waals surface area contributed by atoms with Crippen LogP contribution in [0.25, 0.3) is 0 Å². The van der Waals surface area contributed by atoms with Gasteiger partial charge in [0.25, 0.3) is 0 Å². The van der Waals surface area contributed by atoms with Crippen molar-refractivity contribution < 1.29 is 5.11 Å². The van der Waals surface area contributed by atoms with Crippen LogP contribution in [0.5, 0.6) is 0 Å². The van der Waals surface area contributed by atoms with Gasteiger partial charge in [-0.3, -0.25) is 0 Å². The van der Waals surface area contributed by atoms with E-state index in [1.165, 1.54) is 0 Å². The molecule has 0 heterocycles. The highest BCUT2D eigenvalue weighted by Crippen LogP contribution is 2.13. The maximum Gasteiger partial charge on any atom is 0.0766 e. The van der Waals surface area contributed by atoms with E-state index in [9.17, 15) is 5.11 Å². The summed E-state index contributed by atoms with van der Waals surface area (Å²) in [5.41, 5.74) is -0.567. The zero-order chi connectivity index (χ0) is 10.3. The Morgan fingerprint density at radius 3 is 2.38 bits per heavy atom. The molecule has 0 saturated carbocycles. The number of nitrogens with one attached hydrogen (secondary N) is 1. The molecule has 0 aliphatic heterocycles. The van der Waals surface area contributed by atoms with Gasteiger partial charge in [-0.15, -0.1) is 12.3 Å². The van der Waals surface area contributed by atoms with E-state index in [2.05, 4.69) is 11.2 Å². The standard InChI is InChI=1S/C11H21NO/c1-5-8-10(4)12-9-11(13,6-2)7-3/h1,10,12-13H,6-9H2,2-4H3. The van der Waals surface area contributed by atoms with Crippen LogP contribution in [0.3, 0.4) is 0 Å². The molecule has 0 fully saturated rings. The number of terminal acetylenes is 1. The highest BCUT2D eigenvalue weighted by Gasteiger charge is 2.21. The first-order valence-electron chi connectivity index (χ1n) is 4.97.